The molecule has 0 aromatic heterocycles. The Morgan fingerprint density at radius 2 is 1.57 bits per heavy atom. The van der Waals surface area contributed by atoms with Gasteiger partial charge in [-0.15, -0.1) is 0 Å². The first kappa shape index (κ1) is 19.9. The van der Waals surface area contributed by atoms with Crippen LogP contribution >= 0.6 is 0 Å². The number of alkyl carbamates (subject to hydrolysis) is 1. The lowest BCUT2D eigenvalue weighted by atomic mass is 9.98. The van der Waals surface area contributed by atoms with E-state index in [-0.39, 0.29) is 19.1 Å². The van der Waals surface area contributed by atoms with Gasteiger partial charge in [-0.25, -0.2) is 9.59 Å². The Kier molecular flexibility index (Phi) is 5.70. The first-order valence-corrected chi connectivity index (χ1v) is 9.24. The van der Waals surface area contributed by atoms with Crippen LogP contribution in [0.15, 0.2) is 48.5 Å². The summed E-state index contributed by atoms with van der Waals surface area (Å²) >= 11 is 0. The van der Waals surface area contributed by atoms with Crippen LogP contribution in [0, 0.1) is 0 Å². The summed E-state index contributed by atoms with van der Waals surface area (Å²) < 4.78 is 10.9. The average molecular weight is 384 g/mol. The van der Waals surface area contributed by atoms with E-state index in [4.69, 9.17) is 9.47 Å². The number of ether oxygens (including phenoxy) is 2. The monoisotopic (exact) mass is 384 g/mol. The molecule has 0 saturated heterocycles. The van der Waals surface area contributed by atoms with Crippen molar-refractivity contribution in [3.05, 3.63) is 59.7 Å². The van der Waals surface area contributed by atoms with E-state index in [1.54, 1.807) is 0 Å². The summed E-state index contributed by atoms with van der Waals surface area (Å²) in [7, 11) is 0. The molecule has 6 nitrogen and oxygen atoms in total. The molecule has 2 aromatic rings. The Hall–Kier alpha value is -2.86. The molecule has 0 fully saturated rings. The minimum Gasteiger partial charge on any atom is -0.480 e. The van der Waals surface area contributed by atoms with E-state index in [0.29, 0.717) is 0 Å². The number of carbonyl (C=O) groups is 2. The van der Waals surface area contributed by atoms with E-state index in [9.17, 15) is 14.7 Å². The molecule has 0 radical (unpaired) electrons. The summed E-state index contributed by atoms with van der Waals surface area (Å²) in [6.07, 6.45) is -0.772. The standard InChI is InChI=1S/C22H25NO5/c1-22(2,3)28-13-19(20(24)25)23-21(26)27-12-18-16-10-6-4-8-14(16)15-9-5-7-11-17(15)18/h4-11,18-19H,12-13H2,1-3H3,(H,23,26)(H,24,25)/i23+1. The van der Waals surface area contributed by atoms with Crippen LogP contribution in [0.2, 0.25) is 0 Å². The second kappa shape index (κ2) is 8.02. The molecule has 6 heteroatoms. The molecule has 2 aromatic carbocycles. The quantitative estimate of drug-likeness (QED) is 0.740. The smallest absolute Gasteiger partial charge is 0.407 e. The number of rotatable bonds is 6. The van der Waals surface area contributed by atoms with E-state index in [2.05, 4.69) is 17.4 Å². The van der Waals surface area contributed by atoms with Crippen LogP contribution in [0.5, 0.6) is 0 Å². The SMILES string of the molecule is CC(C)(C)OCC([15NH]C(=O)OCC1c2ccccc2-c2ccccc21)C(=O)O. The first-order chi connectivity index (χ1) is 13.3. The minimum atomic E-state index is -1.17. The van der Waals surface area contributed by atoms with Crippen molar-refractivity contribution in [1.82, 2.24) is 5.32 Å². The summed E-state index contributed by atoms with van der Waals surface area (Å²) in [5, 5.41) is 11.7. The zero-order valence-corrected chi connectivity index (χ0v) is 16.3. The molecule has 1 aliphatic rings. The number of hydrogen-bond donors (Lipinski definition) is 2. The molecule has 1 aliphatic carbocycles. The normalized spacial score (nSPS) is 14.1. The number of fused-ring (bicyclic) bond motifs is 3. The molecule has 0 spiro atoms. The van der Waals surface area contributed by atoms with Gasteiger partial charge < -0.3 is 19.9 Å². The average Bonchev–Trinajstić information content (AvgIpc) is 2.96. The van der Waals surface area contributed by atoms with Crippen LogP contribution in [0.25, 0.3) is 11.1 Å². The van der Waals surface area contributed by atoms with Gasteiger partial charge in [-0.05, 0) is 43.0 Å². The highest BCUT2D eigenvalue weighted by Gasteiger charge is 2.30. The summed E-state index contributed by atoms with van der Waals surface area (Å²) in [5.41, 5.74) is 3.96. The van der Waals surface area contributed by atoms with Crippen LogP contribution in [0.3, 0.4) is 0 Å². The van der Waals surface area contributed by atoms with E-state index in [1.807, 2.05) is 57.2 Å². The van der Waals surface area contributed by atoms with Gasteiger partial charge in [0.2, 0.25) is 0 Å². The number of carboxylic acid groups (broad SMARTS) is 1. The highest BCUT2D eigenvalue weighted by Crippen LogP contribution is 2.44. The Balaban J connectivity index is 1.65. The fraction of sp³-hybridized carbons (Fsp3) is 0.364. The van der Waals surface area contributed by atoms with E-state index in [1.165, 1.54) is 0 Å². The van der Waals surface area contributed by atoms with Crippen molar-refractivity contribution in [2.75, 3.05) is 13.2 Å². The number of carbonyl (C=O) groups excluding carboxylic acids is 1. The predicted molar refractivity (Wildman–Crippen MR) is 105 cm³/mol. The Morgan fingerprint density at radius 3 is 2.07 bits per heavy atom. The lowest BCUT2D eigenvalue weighted by Crippen LogP contribution is -2.45. The third-order valence-corrected chi connectivity index (χ3v) is 4.62. The first-order valence-electron chi connectivity index (χ1n) is 9.24. The van der Waals surface area contributed by atoms with Crippen molar-refractivity contribution in [3.63, 3.8) is 0 Å². The van der Waals surface area contributed by atoms with Crippen molar-refractivity contribution in [2.24, 2.45) is 0 Å². The number of amides is 1. The van der Waals surface area contributed by atoms with E-state index in [0.717, 1.165) is 22.3 Å². The maximum absolute atomic E-state index is 12.2. The predicted octanol–water partition coefficient (Wildman–Crippen LogP) is 3.79. The summed E-state index contributed by atoms with van der Waals surface area (Å²) in [4.78, 5) is 23.6. The van der Waals surface area contributed by atoms with Crippen LogP contribution in [0.4, 0.5) is 4.79 Å². The Morgan fingerprint density at radius 1 is 1.04 bits per heavy atom. The summed E-state index contributed by atoms with van der Waals surface area (Å²) in [5.74, 6) is -1.25. The molecule has 0 aliphatic heterocycles. The highest BCUT2D eigenvalue weighted by molar-refractivity contribution is 5.81. The van der Waals surface area contributed by atoms with Crippen LogP contribution in [-0.4, -0.2) is 42.0 Å². The molecule has 0 heterocycles. The van der Waals surface area contributed by atoms with Crippen molar-refractivity contribution in [1.29, 1.82) is 0 Å². The van der Waals surface area contributed by atoms with Crippen molar-refractivity contribution in [3.8, 4) is 11.1 Å². The molecule has 0 saturated carbocycles. The van der Waals surface area contributed by atoms with Gasteiger partial charge in [0.05, 0.1) is 12.2 Å². The second-order valence-corrected chi connectivity index (χ2v) is 7.78. The van der Waals surface area contributed by atoms with E-state index < -0.39 is 23.7 Å². The molecule has 1 amide bonds. The van der Waals surface area contributed by atoms with Crippen molar-refractivity contribution in [2.45, 2.75) is 38.3 Å². The van der Waals surface area contributed by atoms with Gasteiger partial charge in [-0.2, -0.15) is 0 Å². The number of carboxylic acids is 1. The molecule has 148 valence electrons. The van der Waals surface area contributed by atoms with Gasteiger partial charge in [-0.3, -0.25) is 0 Å². The Labute approximate surface area is 164 Å². The molecule has 1 unspecified atom stereocenters. The topological polar surface area (TPSA) is 84.9 Å². The molecule has 2 N–H and O–H groups in total. The van der Waals surface area contributed by atoms with Gasteiger partial charge in [0.15, 0.2) is 6.04 Å². The fourth-order valence-corrected chi connectivity index (χ4v) is 3.29. The maximum atomic E-state index is 12.2. The zero-order chi connectivity index (χ0) is 20.3. The van der Waals surface area contributed by atoms with Gasteiger partial charge in [0.1, 0.15) is 6.61 Å². The van der Waals surface area contributed by atoms with Gasteiger partial charge in [0.25, 0.3) is 0 Å². The number of benzene rings is 2. The minimum absolute atomic E-state index is 0.0766. The maximum Gasteiger partial charge on any atom is 0.407 e. The van der Waals surface area contributed by atoms with Crippen molar-refractivity contribution >= 4 is 12.1 Å². The molecule has 28 heavy (non-hydrogen) atoms. The highest BCUT2D eigenvalue weighted by atomic mass is 16.6. The third kappa shape index (κ3) is 4.51. The Bertz CT molecular complexity index is 826. The fourth-order valence-electron chi connectivity index (χ4n) is 3.29. The van der Waals surface area contributed by atoms with Crippen LogP contribution in [-0.2, 0) is 14.3 Å². The zero-order valence-electron chi connectivity index (χ0n) is 16.3. The second-order valence-electron chi connectivity index (χ2n) is 7.78. The van der Waals surface area contributed by atoms with Crippen LogP contribution in [0.1, 0.15) is 37.8 Å². The number of nitrogens with one attached hydrogen (secondary N) is 1. The lowest BCUT2D eigenvalue weighted by molar-refractivity contribution is -0.142. The number of hydrogen-bond acceptors (Lipinski definition) is 4. The van der Waals surface area contributed by atoms with Gasteiger partial charge in [0, 0.05) is 5.92 Å². The largest absolute Gasteiger partial charge is 0.480 e. The molecular weight excluding hydrogens is 359 g/mol. The molecule has 0 bridgehead atoms. The third-order valence-electron chi connectivity index (χ3n) is 4.62. The van der Waals surface area contributed by atoms with Crippen molar-refractivity contribution < 1.29 is 24.2 Å². The number of aliphatic carboxylic acids is 1. The molecular formula is C22H25NO5. The van der Waals surface area contributed by atoms with E-state index >= 15 is 0 Å². The summed E-state index contributed by atoms with van der Waals surface area (Å²) in [6, 6.07) is 14.9. The molecule has 1 atom stereocenters. The summed E-state index contributed by atoms with van der Waals surface area (Å²) in [6.45, 7) is 5.45. The molecule has 3 rings (SSSR count). The van der Waals surface area contributed by atoms with Crippen LogP contribution < -0.4 is 5.32 Å². The lowest BCUT2D eigenvalue weighted by Gasteiger charge is -2.23. The van der Waals surface area contributed by atoms with Gasteiger partial charge in [-0.1, -0.05) is 48.5 Å². The van der Waals surface area contributed by atoms with Gasteiger partial charge >= 0.3 is 12.1 Å².